The van der Waals surface area contributed by atoms with Crippen LogP contribution in [-0.4, -0.2) is 43.4 Å². The molecule has 0 spiro atoms. The summed E-state index contributed by atoms with van der Waals surface area (Å²) in [5.41, 5.74) is -0.414. The van der Waals surface area contributed by atoms with Crippen LogP contribution in [0.3, 0.4) is 0 Å². The van der Waals surface area contributed by atoms with Crippen molar-refractivity contribution in [1.29, 1.82) is 0 Å². The van der Waals surface area contributed by atoms with Crippen molar-refractivity contribution in [2.75, 3.05) is 26.4 Å². The van der Waals surface area contributed by atoms with Crippen molar-refractivity contribution in [2.24, 2.45) is 0 Å². The molecule has 1 aliphatic rings. The van der Waals surface area contributed by atoms with Gasteiger partial charge in [0.1, 0.15) is 17.3 Å². The lowest BCUT2D eigenvalue weighted by molar-refractivity contribution is 0.0238. The monoisotopic (exact) mass is 308 g/mol. The summed E-state index contributed by atoms with van der Waals surface area (Å²) < 4.78 is 23.7. The zero-order valence-electron chi connectivity index (χ0n) is 9.79. The van der Waals surface area contributed by atoms with Crippen molar-refractivity contribution in [3.05, 3.63) is 27.8 Å². The van der Waals surface area contributed by atoms with Crippen LogP contribution in [-0.2, 0) is 9.47 Å². The molecule has 1 saturated heterocycles. The smallest absolute Gasteiger partial charge is 0.344 e. The van der Waals surface area contributed by atoms with Gasteiger partial charge in [0.15, 0.2) is 0 Å². The molecule has 0 bridgehead atoms. The lowest BCUT2D eigenvalue weighted by atomic mass is 10.2. The van der Waals surface area contributed by atoms with Crippen LogP contribution in [0.5, 0.6) is 0 Å². The Bertz CT molecular complexity index is 458. The lowest BCUT2D eigenvalue weighted by Gasteiger charge is -2.23. The van der Waals surface area contributed by atoms with Gasteiger partial charge in [-0.25, -0.2) is 9.78 Å². The number of morpholine rings is 1. The number of pyridine rings is 1. The van der Waals surface area contributed by atoms with Gasteiger partial charge in [-0.3, -0.25) is 0 Å². The number of halogens is 3. The van der Waals surface area contributed by atoms with Gasteiger partial charge in [-0.15, -0.1) is 0 Å². The molecule has 1 aromatic heterocycles. The third kappa shape index (κ3) is 3.76. The largest absolute Gasteiger partial charge is 0.460 e. The molecule has 8 heteroatoms. The Morgan fingerprint density at radius 2 is 2.42 bits per heavy atom. The number of hydrogen-bond acceptors (Lipinski definition) is 5. The van der Waals surface area contributed by atoms with Crippen LogP contribution in [0.1, 0.15) is 10.4 Å². The van der Waals surface area contributed by atoms with E-state index in [4.69, 9.17) is 32.7 Å². The molecule has 0 saturated carbocycles. The molecular weight excluding hydrogens is 298 g/mol. The quantitative estimate of drug-likeness (QED) is 0.680. The second kappa shape index (κ2) is 6.47. The van der Waals surface area contributed by atoms with Crippen molar-refractivity contribution in [3.63, 3.8) is 0 Å². The molecule has 1 N–H and O–H groups in total. The Hall–Kier alpha value is -0.950. The van der Waals surface area contributed by atoms with E-state index in [1.807, 2.05) is 0 Å². The number of aromatic nitrogens is 1. The molecule has 19 heavy (non-hydrogen) atoms. The standard InChI is InChI=1S/C11H11Cl2FN2O3/c12-7-3-8(13)16-10(14)9(7)11(17)19-5-6-4-18-2-1-15-6/h3,6,15H,1-2,4-5H2/t6-/m0/s1. The van der Waals surface area contributed by atoms with Crippen LogP contribution in [0, 0.1) is 5.95 Å². The van der Waals surface area contributed by atoms with Gasteiger partial charge < -0.3 is 14.8 Å². The molecular formula is C11H11Cl2FN2O3. The molecule has 0 radical (unpaired) electrons. The summed E-state index contributed by atoms with van der Waals surface area (Å²) in [6, 6.07) is 1.07. The second-order valence-electron chi connectivity index (χ2n) is 3.92. The predicted octanol–water partition coefficient (Wildman–Crippen LogP) is 1.67. The molecule has 5 nitrogen and oxygen atoms in total. The SMILES string of the molecule is O=C(OC[C@@H]1COCCN1)c1c(Cl)cc(Cl)nc1F. The fourth-order valence-electron chi connectivity index (χ4n) is 1.61. The van der Waals surface area contributed by atoms with Crippen molar-refractivity contribution in [1.82, 2.24) is 10.3 Å². The topological polar surface area (TPSA) is 60.5 Å². The minimum Gasteiger partial charge on any atom is -0.460 e. The summed E-state index contributed by atoms with van der Waals surface area (Å²) >= 11 is 11.3. The molecule has 104 valence electrons. The number of nitrogens with one attached hydrogen (secondary N) is 1. The predicted molar refractivity (Wildman–Crippen MR) is 67.1 cm³/mol. The number of nitrogens with zero attached hydrogens (tertiary/aromatic N) is 1. The molecule has 1 aromatic rings. The molecule has 1 atom stereocenters. The third-order valence-electron chi connectivity index (χ3n) is 2.51. The van der Waals surface area contributed by atoms with Crippen LogP contribution in [0.2, 0.25) is 10.2 Å². The number of carbonyl (C=O) groups is 1. The third-order valence-corrected chi connectivity index (χ3v) is 3.01. The highest BCUT2D eigenvalue weighted by Gasteiger charge is 2.22. The summed E-state index contributed by atoms with van der Waals surface area (Å²) in [6.45, 7) is 1.80. The fraction of sp³-hybridized carbons (Fsp3) is 0.455. The van der Waals surface area contributed by atoms with E-state index < -0.39 is 17.5 Å². The highest BCUT2D eigenvalue weighted by Crippen LogP contribution is 2.22. The fourth-order valence-corrected chi connectivity index (χ4v) is 2.11. The number of esters is 1. The first-order chi connectivity index (χ1) is 9.08. The van der Waals surface area contributed by atoms with E-state index in [0.29, 0.717) is 19.8 Å². The molecule has 0 amide bonds. The van der Waals surface area contributed by atoms with E-state index in [1.54, 1.807) is 0 Å². The summed E-state index contributed by atoms with van der Waals surface area (Å²) in [4.78, 5) is 15.1. The second-order valence-corrected chi connectivity index (χ2v) is 4.71. The maximum Gasteiger partial charge on any atom is 0.344 e. The minimum atomic E-state index is -1.05. The zero-order chi connectivity index (χ0) is 13.8. The number of hydrogen-bond donors (Lipinski definition) is 1. The number of ether oxygens (including phenoxy) is 2. The molecule has 0 aliphatic carbocycles. The summed E-state index contributed by atoms with van der Waals surface area (Å²) in [5.74, 6) is -1.92. The van der Waals surface area contributed by atoms with Crippen molar-refractivity contribution < 1.29 is 18.7 Å². The van der Waals surface area contributed by atoms with Gasteiger partial charge in [0, 0.05) is 6.54 Å². The molecule has 0 aromatic carbocycles. The normalized spacial score (nSPS) is 19.2. The summed E-state index contributed by atoms with van der Waals surface area (Å²) in [5, 5.41) is 2.85. The first-order valence-electron chi connectivity index (χ1n) is 5.57. The van der Waals surface area contributed by atoms with E-state index in [0.717, 1.165) is 0 Å². The van der Waals surface area contributed by atoms with Crippen LogP contribution in [0.15, 0.2) is 6.07 Å². The van der Waals surface area contributed by atoms with Gasteiger partial charge in [0.05, 0.1) is 24.3 Å². The average Bonchev–Trinajstić information content (AvgIpc) is 2.36. The Morgan fingerprint density at radius 1 is 1.63 bits per heavy atom. The molecule has 1 fully saturated rings. The highest BCUT2D eigenvalue weighted by atomic mass is 35.5. The minimum absolute atomic E-state index is 0.0667. The first-order valence-corrected chi connectivity index (χ1v) is 6.33. The summed E-state index contributed by atoms with van der Waals surface area (Å²) in [6.07, 6.45) is 0. The molecule has 2 heterocycles. The Labute approximate surface area is 119 Å². The van der Waals surface area contributed by atoms with E-state index in [9.17, 15) is 9.18 Å². The first kappa shape index (κ1) is 14.5. The van der Waals surface area contributed by atoms with Crippen LogP contribution in [0.4, 0.5) is 4.39 Å². The molecule has 2 rings (SSSR count). The van der Waals surface area contributed by atoms with Crippen molar-refractivity contribution in [3.8, 4) is 0 Å². The van der Waals surface area contributed by atoms with Gasteiger partial charge in [-0.1, -0.05) is 23.2 Å². The van der Waals surface area contributed by atoms with Gasteiger partial charge in [-0.05, 0) is 6.07 Å². The van der Waals surface area contributed by atoms with Gasteiger partial charge in [-0.2, -0.15) is 4.39 Å². The Morgan fingerprint density at radius 3 is 3.05 bits per heavy atom. The van der Waals surface area contributed by atoms with E-state index in [1.165, 1.54) is 6.07 Å². The molecule has 1 aliphatic heterocycles. The maximum absolute atomic E-state index is 13.5. The van der Waals surface area contributed by atoms with Gasteiger partial charge >= 0.3 is 5.97 Å². The lowest BCUT2D eigenvalue weighted by Crippen LogP contribution is -2.44. The number of carbonyl (C=O) groups excluding carboxylic acids is 1. The van der Waals surface area contributed by atoms with Crippen LogP contribution < -0.4 is 5.32 Å². The van der Waals surface area contributed by atoms with Crippen molar-refractivity contribution in [2.45, 2.75) is 6.04 Å². The van der Waals surface area contributed by atoms with E-state index in [2.05, 4.69) is 10.3 Å². The average molecular weight is 309 g/mol. The number of rotatable bonds is 3. The van der Waals surface area contributed by atoms with Crippen LogP contribution in [0.25, 0.3) is 0 Å². The highest BCUT2D eigenvalue weighted by molar-refractivity contribution is 6.36. The van der Waals surface area contributed by atoms with Gasteiger partial charge in [0.25, 0.3) is 0 Å². The van der Waals surface area contributed by atoms with E-state index in [-0.39, 0.29) is 22.8 Å². The summed E-state index contributed by atoms with van der Waals surface area (Å²) in [7, 11) is 0. The van der Waals surface area contributed by atoms with Crippen LogP contribution >= 0.6 is 23.2 Å². The Kier molecular flexibility index (Phi) is 4.93. The Balaban J connectivity index is 1.99. The maximum atomic E-state index is 13.5. The van der Waals surface area contributed by atoms with Gasteiger partial charge in [0.2, 0.25) is 5.95 Å². The molecule has 0 unspecified atom stereocenters. The van der Waals surface area contributed by atoms with Crippen molar-refractivity contribution >= 4 is 29.2 Å². The van der Waals surface area contributed by atoms with E-state index >= 15 is 0 Å². The zero-order valence-corrected chi connectivity index (χ0v) is 11.3.